The Labute approximate surface area is 424 Å². The van der Waals surface area contributed by atoms with Crippen LogP contribution in [-0.4, -0.2) is 144 Å². The van der Waals surface area contributed by atoms with Crippen molar-refractivity contribution in [2.45, 2.75) is 226 Å². The molecule has 0 aromatic rings. The first-order chi connectivity index (χ1) is 33.0. The molecule has 0 bridgehead atoms. The van der Waals surface area contributed by atoms with Gasteiger partial charge in [-0.25, -0.2) is 0 Å². The molecule has 3 amide bonds. The second kappa shape index (κ2) is 50.3. The molecule has 0 spiro atoms. The van der Waals surface area contributed by atoms with Gasteiger partial charge in [-0.2, -0.15) is 11.8 Å². The van der Waals surface area contributed by atoms with Gasteiger partial charge in [-0.15, -0.1) is 0 Å². The lowest BCUT2D eigenvalue weighted by Gasteiger charge is -2.21. The number of amides is 3. The van der Waals surface area contributed by atoms with E-state index in [4.69, 9.17) is 11.5 Å². The highest BCUT2D eigenvalue weighted by molar-refractivity contribution is 8.00. The van der Waals surface area contributed by atoms with Crippen LogP contribution in [0.15, 0.2) is 0 Å². The number of unbranched alkanes of at least 4 members (excludes halogenated alkanes) is 13. The zero-order valence-corrected chi connectivity index (χ0v) is 45.9. The molecule has 0 aromatic carbocycles. The minimum Gasteiger partial charge on any atom is -0.382 e. The first-order valence-electron chi connectivity index (χ1n) is 26.8. The number of carbonyl (C=O) groups excluding carboxylic acids is 7. The third kappa shape index (κ3) is 42.8. The quantitative estimate of drug-likeness (QED) is 0.0257. The number of rotatable bonds is 41. The largest absolute Gasteiger partial charge is 0.382 e. The molecule has 1 saturated heterocycles. The number of imide groups is 1. The molecule has 1 fully saturated rings. The molecule has 1 aliphatic heterocycles. The maximum Gasteiger partial charge on any atom is 0.242 e. The average molecular weight is 1000 g/mol. The van der Waals surface area contributed by atoms with Crippen LogP contribution in [0.1, 0.15) is 208 Å². The Kier molecular flexibility index (Phi) is 51.6. The minimum atomic E-state index is -1.59. The van der Waals surface area contributed by atoms with Crippen LogP contribution in [0.2, 0.25) is 0 Å². The molecule has 8 N–H and O–H groups in total. The predicted octanol–water partition coefficient (Wildman–Crippen LogP) is 7.48. The highest BCUT2D eigenvalue weighted by Gasteiger charge is 2.37. The van der Waals surface area contributed by atoms with E-state index in [1.807, 2.05) is 0 Å². The van der Waals surface area contributed by atoms with Crippen LogP contribution in [0.4, 0.5) is 0 Å². The normalized spacial score (nSPS) is 14.4. The van der Waals surface area contributed by atoms with E-state index in [0.717, 1.165) is 117 Å². The smallest absolute Gasteiger partial charge is 0.242 e. The number of nitrogens with two attached hydrogens (primary N) is 2. The Morgan fingerprint density at radius 3 is 1.62 bits per heavy atom. The molecular formula is C53H104N6O9S. The van der Waals surface area contributed by atoms with E-state index in [1.54, 1.807) is 20.1 Å². The van der Waals surface area contributed by atoms with Crippen molar-refractivity contribution < 1.29 is 43.8 Å². The number of nitrogens with zero attached hydrogens (tertiary/aromatic N) is 2. The highest BCUT2D eigenvalue weighted by atomic mass is 32.2. The van der Waals surface area contributed by atoms with Crippen LogP contribution in [0.5, 0.6) is 0 Å². The van der Waals surface area contributed by atoms with Gasteiger partial charge in [0.2, 0.25) is 17.7 Å². The summed E-state index contributed by atoms with van der Waals surface area (Å²) in [7, 11) is 1.53. The fourth-order valence-corrected chi connectivity index (χ4v) is 8.34. The zero-order valence-electron chi connectivity index (χ0n) is 45.1. The Morgan fingerprint density at radius 2 is 1.17 bits per heavy atom. The number of carbonyl (C=O) groups is 7. The summed E-state index contributed by atoms with van der Waals surface area (Å²) < 4.78 is 0. The van der Waals surface area contributed by atoms with Gasteiger partial charge in [0.25, 0.3) is 0 Å². The van der Waals surface area contributed by atoms with Crippen molar-refractivity contribution in [3.8, 4) is 0 Å². The van der Waals surface area contributed by atoms with Gasteiger partial charge in [-0.05, 0) is 131 Å². The monoisotopic (exact) mass is 1000 g/mol. The van der Waals surface area contributed by atoms with Gasteiger partial charge < -0.3 is 42.0 Å². The first kappa shape index (κ1) is 70.7. The number of aliphatic hydroxyl groups excluding tert-OH is 2. The summed E-state index contributed by atoms with van der Waals surface area (Å²) in [5.41, 5.74) is 10.9. The van der Waals surface area contributed by atoms with Gasteiger partial charge in [0.05, 0.1) is 5.25 Å². The molecule has 406 valence electrons. The molecule has 4 atom stereocenters. The Balaban J connectivity index is -0.000000844. The van der Waals surface area contributed by atoms with Crippen molar-refractivity contribution in [3.63, 3.8) is 0 Å². The van der Waals surface area contributed by atoms with Gasteiger partial charge in [0.1, 0.15) is 23.8 Å². The number of ketones is 4. The number of Topliss-reactive ketones (excluding diaryl/α,β-unsaturated/α-hetero) is 4. The summed E-state index contributed by atoms with van der Waals surface area (Å²) in [6.45, 7) is 17.5. The SMILES string of the molecule is CC(=O)C(CCCCN)CCCNCCCN.CCCCCCCCCCCCCCCC(C)=O.CCCN(CCC)CCCC(=O)C(O)C(O)C(C)=O.CNC(=O)CCN1C(=O)CC(SC)C1=O. The lowest BCUT2D eigenvalue weighted by atomic mass is 9.93. The standard InChI is InChI=1S/C17H34O.C14H27NO4.C13H29N3O.C9H14N2O3S/c1-3-4-5-6-7-8-9-10-11-12-13-14-15-16-17(2)18;1-4-8-15(9-5-2)10-6-7-12(17)14(19)13(18)11(3)16;1-12(17)13(6-2-3-8-14)7-4-10-16-11-5-9-15;1-10-7(12)3-4-11-8(13)5-6(15-2)9(11)14/h3-16H2,1-2H3;13-14,18-19H,4-10H2,1-3H3;13,16H,2-11,14-15H2,1H3;6H,3-5H2,1-2H3,(H,10,12). The third-order valence-electron chi connectivity index (χ3n) is 12.0. The van der Waals surface area contributed by atoms with Crippen LogP contribution in [0, 0.1) is 5.92 Å². The van der Waals surface area contributed by atoms with Crippen molar-refractivity contribution in [2.24, 2.45) is 17.4 Å². The number of hydrogen-bond acceptors (Lipinski definition) is 14. The van der Waals surface area contributed by atoms with Gasteiger partial charge in [0.15, 0.2) is 11.6 Å². The van der Waals surface area contributed by atoms with Gasteiger partial charge in [-0.1, -0.05) is 104 Å². The van der Waals surface area contributed by atoms with Gasteiger partial charge in [-0.3, -0.25) is 33.7 Å². The van der Waals surface area contributed by atoms with E-state index in [-0.39, 0.29) is 54.7 Å². The number of likely N-dealkylation sites (tertiary alicyclic amines) is 1. The summed E-state index contributed by atoms with van der Waals surface area (Å²) in [5.74, 6) is -0.655. The van der Waals surface area contributed by atoms with Crippen LogP contribution in [0.3, 0.4) is 0 Å². The molecule has 1 rings (SSSR count). The van der Waals surface area contributed by atoms with Crippen LogP contribution in [-0.2, 0) is 33.6 Å². The van der Waals surface area contributed by atoms with Crippen molar-refractivity contribution in [3.05, 3.63) is 0 Å². The average Bonchev–Trinajstić information content (AvgIpc) is 3.60. The second-order valence-corrected chi connectivity index (χ2v) is 19.5. The highest BCUT2D eigenvalue weighted by Crippen LogP contribution is 2.23. The van der Waals surface area contributed by atoms with E-state index in [2.05, 4.69) is 36.3 Å². The van der Waals surface area contributed by atoms with E-state index >= 15 is 0 Å². The molecular weight excluding hydrogens is 897 g/mol. The summed E-state index contributed by atoms with van der Waals surface area (Å²) in [5, 5.41) is 24.3. The number of nitrogens with one attached hydrogen (secondary N) is 2. The lowest BCUT2D eigenvalue weighted by Crippen LogP contribution is -2.39. The molecule has 0 saturated carbocycles. The van der Waals surface area contributed by atoms with E-state index in [1.165, 1.54) is 101 Å². The minimum absolute atomic E-state index is 0.164. The molecule has 0 aromatic heterocycles. The predicted molar refractivity (Wildman–Crippen MR) is 285 cm³/mol. The Hall–Kier alpha value is -2.60. The molecule has 15 nitrogen and oxygen atoms in total. The Bertz CT molecular complexity index is 1320. The van der Waals surface area contributed by atoms with E-state index in [9.17, 15) is 43.8 Å². The van der Waals surface area contributed by atoms with E-state index < -0.39 is 23.8 Å². The summed E-state index contributed by atoms with van der Waals surface area (Å²) in [4.78, 5) is 82.1. The van der Waals surface area contributed by atoms with Gasteiger partial charge in [0, 0.05) is 45.2 Å². The molecule has 1 aliphatic rings. The first-order valence-corrected chi connectivity index (χ1v) is 28.1. The zero-order chi connectivity index (χ0) is 52.7. The summed E-state index contributed by atoms with van der Waals surface area (Å²) in [6.07, 6.45) is 26.8. The number of aliphatic hydroxyl groups is 2. The van der Waals surface area contributed by atoms with Crippen molar-refractivity contribution in [1.29, 1.82) is 0 Å². The maximum atomic E-state index is 11.6. The van der Waals surface area contributed by atoms with Crippen molar-refractivity contribution in [1.82, 2.24) is 20.4 Å². The molecule has 69 heavy (non-hydrogen) atoms. The Morgan fingerprint density at radius 1 is 0.652 bits per heavy atom. The topological polar surface area (TPSA) is 243 Å². The third-order valence-corrected chi connectivity index (χ3v) is 13.0. The molecule has 0 aliphatic carbocycles. The lowest BCUT2D eigenvalue weighted by molar-refractivity contribution is -0.142. The fourth-order valence-electron chi connectivity index (χ4n) is 7.70. The number of hydrogen-bond donors (Lipinski definition) is 6. The van der Waals surface area contributed by atoms with Crippen LogP contribution in [0.25, 0.3) is 0 Å². The fraction of sp³-hybridized carbons (Fsp3) is 0.868. The van der Waals surface area contributed by atoms with Crippen molar-refractivity contribution >= 4 is 52.6 Å². The summed E-state index contributed by atoms with van der Waals surface area (Å²) >= 11 is 1.38. The molecule has 16 heteroatoms. The molecule has 0 radical (unpaired) electrons. The molecule has 4 unspecified atom stereocenters. The van der Waals surface area contributed by atoms with Gasteiger partial charge >= 0.3 is 0 Å². The van der Waals surface area contributed by atoms with Crippen molar-refractivity contribution in [2.75, 3.05) is 65.7 Å². The second-order valence-electron chi connectivity index (χ2n) is 18.5. The number of thioether (sulfide) groups is 1. The summed E-state index contributed by atoms with van der Waals surface area (Å²) in [6, 6.07) is 0. The maximum absolute atomic E-state index is 11.6. The van der Waals surface area contributed by atoms with E-state index in [0.29, 0.717) is 18.0 Å². The van der Waals surface area contributed by atoms with Crippen LogP contribution >= 0.6 is 11.8 Å². The van der Waals surface area contributed by atoms with Crippen LogP contribution < -0.4 is 22.1 Å². The molecule has 1 heterocycles.